The van der Waals surface area contributed by atoms with Gasteiger partial charge >= 0.3 is 0 Å². The van der Waals surface area contributed by atoms with Crippen molar-refractivity contribution in [3.63, 3.8) is 0 Å². The summed E-state index contributed by atoms with van der Waals surface area (Å²) in [5, 5.41) is 0. The van der Waals surface area contributed by atoms with Crippen molar-refractivity contribution >= 4 is 26.0 Å². The van der Waals surface area contributed by atoms with Gasteiger partial charge in [-0.2, -0.15) is 4.31 Å². The van der Waals surface area contributed by atoms with Gasteiger partial charge in [0.05, 0.1) is 0 Å². The van der Waals surface area contributed by atoms with Crippen molar-refractivity contribution in [3.8, 4) is 0 Å². The first-order valence-corrected chi connectivity index (χ1v) is 7.78. The van der Waals surface area contributed by atoms with Gasteiger partial charge in [-0.05, 0) is 25.2 Å². The van der Waals surface area contributed by atoms with Crippen molar-refractivity contribution in [1.29, 1.82) is 0 Å². The molecule has 0 amide bonds. The number of hydrogen-bond donors (Lipinski definition) is 0. The third kappa shape index (κ3) is 2.74. The summed E-state index contributed by atoms with van der Waals surface area (Å²) in [4.78, 5) is 1.78. The lowest BCUT2D eigenvalue weighted by molar-refractivity contribution is 0.222. The van der Waals surface area contributed by atoms with E-state index in [2.05, 4.69) is 15.9 Å². The molecule has 0 saturated carbocycles. The van der Waals surface area contributed by atoms with Gasteiger partial charge in [0.15, 0.2) is 0 Å². The number of likely N-dealkylation sites (N-methyl/N-ethyl adjacent to an activating group) is 1. The molecule has 0 bridgehead atoms. The van der Waals surface area contributed by atoms with Crippen LogP contribution < -0.4 is 0 Å². The summed E-state index contributed by atoms with van der Waals surface area (Å²) >= 11 is 3.16. The topological polar surface area (TPSA) is 40.6 Å². The van der Waals surface area contributed by atoms with Crippen LogP contribution in [0.4, 0.5) is 4.39 Å². The summed E-state index contributed by atoms with van der Waals surface area (Å²) in [6, 6.07) is 3.95. The van der Waals surface area contributed by atoms with Crippen molar-refractivity contribution in [2.75, 3.05) is 33.2 Å². The Morgan fingerprint density at radius 3 is 2.44 bits per heavy atom. The second-order valence-electron chi connectivity index (χ2n) is 4.28. The van der Waals surface area contributed by atoms with E-state index < -0.39 is 15.8 Å². The Balaban J connectivity index is 2.33. The molecule has 1 aliphatic heterocycles. The van der Waals surface area contributed by atoms with E-state index in [1.54, 1.807) is 0 Å². The van der Waals surface area contributed by atoms with E-state index in [4.69, 9.17) is 0 Å². The molecule has 1 aromatic rings. The van der Waals surface area contributed by atoms with Gasteiger partial charge in [0, 0.05) is 30.7 Å². The van der Waals surface area contributed by atoms with E-state index in [1.807, 2.05) is 11.9 Å². The second-order valence-corrected chi connectivity index (χ2v) is 7.10. The SMILES string of the molecule is CN1CCN(S(=O)(=O)c2cc(Br)ccc2F)CC1. The normalized spacial score (nSPS) is 19.1. The third-order valence-corrected chi connectivity index (χ3v) is 5.38. The molecule has 0 spiro atoms. The molecule has 1 heterocycles. The second kappa shape index (κ2) is 5.24. The van der Waals surface area contributed by atoms with Crippen LogP contribution in [-0.4, -0.2) is 50.8 Å². The van der Waals surface area contributed by atoms with Crippen LogP contribution in [0.5, 0.6) is 0 Å². The number of hydrogen-bond acceptors (Lipinski definition) is 3. The molecular weight excluding hydrogens is 323 g/mol. The zero-order valence-electron chi connectivity index (χ0n) is 9.94. The molecule has 1 saturated heterocycles. The van der Waals surface area contributed by atoms with Gasteiger partial charge in [0.1, 0.15) is 10.7 Å². The zero-order chi connectivity index (χ0) is 13.3. The number of sulfonamides is 1. The maximum Gasteiger partial charge on any atom is 0.246 e. The van der Waals surface area contributed by atoms with Gasteiger partial charge in [-0.3, -0.25) is 0 Å². The molecule has 0 aromatic heterocycles. The Morgan fingerprint density at radius 1 is 1.22 bits per heavy atom. The van der Waals surface area contributed by atoms with Gasteiger partial charge in [-0.1, -0.05) is 15.9 Å². The summed E-state index contributed by atoms with van der Waals surface area (Å²) in [6.07, 6.45) is 0. The average Bonchev–Trinajstić information content (AvgIpc) is 2.32. The molecule has 0 unspecified atom stereocenters. The number of nitrogens with zero attached hydrogens (tertiary/aromatic N) is 2. The Morgan fingerprint density at radius 2 is 1.83 bits per heavy atom. The lowest BCUT2D eigenvalue weighted by Crippen LogP contribution is -2.47. The van der Waals surface area contributed by atoms with E-state index >= 15 is 0 Å². The summed E-state index contributed by atoms with van der Waals surface area (Å²) in [7, 11) is -1.80. The fourth-order valence-electron chi connectivity index (χ4n) is 1.84. The molecular formula is C11H14BrFN2O2S. The maximum absolute atomic E-state index is 13.7. The van der Waals surface area contributed by atoms with Gasteiger partial charge in [-0.15, -0.1) is 0 Å². The van der Waals surface area contributed by atoms with Crippen LogP contribution >= 0.6 is 15.9 Å². The van der Waals surface area contributed by atoms with Gasteiger partial charge in [-0.25, -0.2) is 12.8 Å². The molecule has 18 heavy (non-hydrogen) atoms. The smallest absolute Gasteiger partial charge is 0.246 e. The lowest BCUT2D eigenvalue weighted by Gasteiger charge is -2.31. The first-order chi connectivity index (χ1) is 8.41. The van der Waals surface area contributed by atoms with Crippen molar-refractivity contribution in [2.45, 2.75) is 4.90 Å². The first kappa shape index (κ1) is 13.9. The van der Waals surface area contributed by atoms with Crippen LogP contribution in [0.2, 0.25) is 0 Å². The van der Waals surface area contributed by atoms with Crippen LogP contribution in [0.25, 0.3) is 0 Å². The molecule has 1 aliphatic rings. The van der Waals surface area contributed by atoms with E-state index in [-0.39, 0.29) is 4.90 Å². The number of benzene rings is 1. The molecule has 0 N–H and O–H groups in total. The minimum Gasteiger partial charge on any atom is -0.304 e. The average molecular weight is 337 g/mol. The Labute approximate surface area is 115 Å². The fraction of sp³-hybridized carbons (Fsp3) is 0.455. The predicted octanol–water partition coefficient (Wildman–Crippen LogP) is 1.52. The summed E-state index contributed by atoms with van der Waals surface area (Å²) in [5.41, 5.74) is 0. The van der Waals surface area contributed by atoms with Crippen LogP contribution in [-0.2, 0) is 10.0 Å². The van der Waals surface area contributed by atoms with Crippen LogP contribution in [0, 0.1) is 5.82 Å². The Bertz CT molecular complexity index is 542. The predicted molar refractivity (Wildman–Crippen MR) is 70.4 cm³/mol. The number of halogens is 2. The summed E-state index contributed by atoms with van der Waals surface area (Å²) in [6.45, 7) is 2.11. The molecule has 0 atom stereocenters. The van der Waals surface area contributed by atoms with Crippen LogP contribution in [0.15, 0.2) is 27.6 Å². The molecule has 0 aliphatic carbocycles. The summed E-state index contributed by atoms with van der Waals surface area (Å²) in [5.74, 6) is -0.711. The minimum atomic E-state index is -3.74. The van der Waals surface area contributed by atoms with Crippen molar-refractivity contribution in [2.24, 2.45) is 0 Å². The molecule has 1 fully saturated rings. The van der Waals surface area contributed by atoms with Gasteiger partial charge in [0.2, 0.25) is 10.0 Å². The van der Waals surface area contributed by atoms with E-state index in [9.17, 15) is 12.8 Å². The molecule has 7 heteroatoms. The zero-order valence-corrected chi connectivity index (χ0v) is 12.3. The molecule has 0 radical (unpaired) electrons. The quantitative estimate of drug-likeness (QED) is 0.822. The monoisotopic (exact) mass is 336 g/mol. The number of rotatable bonds is 2. The van der Waals surface area contributed by atoms with Gasteiger partial charge < -0.3 is 4.90 Å². The standard InChI is InChI=1S/C11H14BrFN2O2S/c1-14-4-6-15(7-5-14)18(16,17)11-8-9(12)2-3-10(11)13/h2-3,8H,4-7H2,1H3. The van der Waals surface area contributed by atoms with E-state index in [0.29, 0.717) is 30.7 Å². The van der Waals surface area contributed by atoms with Crippen LogP contribution in [0.1, 0.15) is 0 Å². The molecule has 2 rings (SSSR count). The fourth-order valence-corrected chi connectivity index (χ4v) is 3.87. The van der Waals surface area contributed by atoms with E-state index in [0.717, 1.165) is 6.07 Å². The maximum atomic E-state index is 13.7. The first-order valence-electron chi connectivity index (χ1n) is 5.55. The third-order valence-electron chi connectivity index (χ3n) is 2.97. The highest BCUT2D eigenvalue weighted by molar-refractivity contribution is 9.10. The Kier molecular flexibility index (Phi) is 4.05. The van der Waals surface area contributed by atoms with E-state index in [1.165, 1.54) is 16.4 Å². The largest absolute Gasteiger partial charge is 0.304 e. The van der Waals surface area contributed by atoms with Crippen molar-refractivity contribution in [3.05, 3.63) is 28.5 Å². The summed E-state index contributed by atoms with van der Waals surface area (Å²) < 4.78 is 40.2. The van der Waals surface area contributed by atoms with Crippen molar-refractivity contribution in [1.82, 2.24) is 9.21 Å². The minimum absolute atomic E-state index is 0.263. The highest BCUT2D eigenvalue weighted by Crippen LogP contribution is 2.23. The Hall–Kier alpha value is -0.500. The molecule has 1 aromatic carbocycles. The molecule has 4 nitrogen and oxygen atoms in total. The highest BCUT2D eigenvalue weighted by Gasteiger charge is 2.29. The van der Waals surface area contributed by atoms with Gasteiger partial charge in [0.25, 0.3) is 0 Å². The van der Waals surface area contributed by atoms with Crippen molar-refractivity contribution < 1.29 is 12.8 Å². The highest BCUT2D eigenvalue weighted by atomic mass is 79.9. The number of piperazine rings is 1. The van der Waals surface area contributed by atoms with Crippen LogP contribution in [0.3, 0.4) is 0 Å². The molecule has 100 valence electrons. The lowest BCUT2D eigenvalue weighted by atomic mass is 10.3.